The fourth-order valence-corrected chi connectivity index (χ4v) is 4.04. The summed E-state index contributed by atoms with van der Waals surface area (Å²) in [4.78, 5) is 50.0. The van der Waals surface area contributed by atoms with Crippen molar-refractivity contribution in [1.82, 2.24) is 9.13 Å². The van der Waals surface area contributed by atoms with E-state index in [2.05, 4.69) is 5.32 Å². The van der Waals surface area contributed by atoms with Crippen LogP contribution in [0.1, 0.15) is 17.3 Å². The SMILES string of the molecule is CC(=O)c1ccc(NC(=O)Cn2c(=O)n(-c3ccccc3F)c(=O)c3sccc32)cc1. The predicted octanol–water partition coefficient (Wildman–Crippen LogP) is 3.19. The number of nitrogens with one attached hydrogen (secondary N) is 1. The van der Waals surface area contributed by atoms with E-state index in [4.69, 9.17) is 0 Å². The number of thiophene rings is 1. The topological polar surface area (TPSA) is 90.2 Å². The minimum Gasteiger partial charge on any atom is -0.325 e. The van der Waals surface area contributed by atoms with E-state index in [0.717, 1.165) is 26.5 Å². The van der Waals surface area contributed by atoms with E-state index in [9.17, 15) is 23.6 Å². The number of hydrogen-bond donors (Lipinski definition) is 1. The van der Waals surface area contributed by atoms with Gasteiger partial charge in [0.25, 0.3) is 5.56 Å². The number of fused-ring (bicyclic) bond motifs is 1. The summed E-state index contributed by atoms with van der Waals surface area (Å²) in [6, 6.07) is 13.4. The zero-order chi connectivity index (χ0) is 22.1. The molecule has 2 heterocycles. The molecule has 156 valence electrons. The Labute approximate surface area is 179 Å². The van der Waals surface area contributed by atoms with E-state index in [-0.39, 0.29) is 22.7 Å². The van der Waals surface area contributed by atoms with Gasteiger partial charge < -0.3 is 5.32 Å². The maximum absolute atomic E-state index is 14.3. The van der Waals surface area contributed by atoms with Gasteiger partial charge in [-0.15, -0.1) is 11.3 Å². The summed E-state index contributed by atoms with van der Waals surface area (Å²) in [6.45, 7) is 1.06. The predicted molar refractivity (Wildman–Crippen MR) is 117 cm³/mol. The molecule has 1 amide bonds. The molecule has 0 saturated carbocycles. The molecule has 4 rings (SSSR count). The molecule has 0 bridgehead atoms. The Morgan fingerprint density at radius 1 is 1.03 bits per heavy atom. The lowest BCUT2D eigenvalue weighted by atomic mass is 10.1. The van der Waals surface area contributed by atoms with Gasteiger partial charge in [-0.25, -0.2) is 13.8 Å². The first-order chi connectivity index (χ1) is 14.9. The zero-order valence-electron chi connectivity index (χ0n) is 16.3. The van der Waals surface area contributed by atoms with E-state index < -0.39 is 23.0 Å². The highest BCUT2D eigenvalue weighted by atomic mass is 32.1. The number of benzene rings is 2. The number of para-hydroxylation sites is 1. The van der Waals surface area contributed by atoms with Crippen molar-refractivity contribution >= 4 is 38.9 Å². The number of halogens is 1. The minimum absolute atomic E-state index is 0.0975. The number of aromatic nitrogens is 2. The Hall–Kier alpha value is -3.85. The summed E-state index contributed by atoms with van der Waals surface area (Å²) in [5.41, 5.74) is -0.380. The molecule has 2 aromatic heterocycles. The Kier molecular flexibility index (Phi) is 5.35. The second-order valence-corrected chi connectivity index (χ2v) is 7.69. The largest absolute Gasteiger partial charge is 0.336 e. The second-order valence-electron chi connectivity index (χ2n) is 6.78. The number of hydrogen-bond acceptors (Lipinski definition) is 5. The molecule has 0 unspecified atom stereocenters. The van der Waals surface area contributed by atoms with Crippen LogP contribution in [0, 0.1) is 5.82 Å². The highest BCUT2D eigenvalue weighted by molar-refractivity contribution is 7.17. The summed E-state index contributed by atoms with van der Waals surface area (Å²) < 4.78 is 16.4. The molecular weight excluding hydrogens is 421 g/mol. The molecule has 1 N–H and O–H groups in total. The highest BCUT2D eigenvalue weighted by Crippen LogP contribution is 2.18. The first kappa shape index (κ1) is 20.4. The molecular formula is C22H16FN3O4S. The lowest BCUT2D eigenvalue weighted by Gasteiger charge is -2.13. The van der Waals surface area contributed by atoms with Gasteiger partial charge in [0.1, 0.15) is 17.1 Å². The molecule has 31 heavy (non-hydrogen) atoms. The smallest absolute Gasteiger partial charge is 0.325 e. The number of Topliss-reactive ketones (excluding diaryl/α,β-unsaturated/α-hetero) is 1. The Morgan fingerprint density at radius 2 is 1.74 bits per heavy atom. The van der Waals surface area contributed by atoms with Crippen LogP contribution in [-0.2, 0) is 11.3 Å². The molecule has 0 fully saturated rings. The van der Waals surface area contributed by atoms with E-state index in [1.165, 1.54) is 25.1 Å². The van der Waals surface area contributed by atoms with Gasteiger partial charge in [0.05, 0.1) is 11.2 Å². The van der Waals surface area contributed by atoms with Crippen molar-refractivity contribution in [2.24, 2.45) is 0 Å². The Morgan fingerprint density at radius 3 is 2.42 bits per heavy atom. The first-order valence-corrected chi connectivity index (χ1v) is 10.1. The molecule has 4 aromatic rings. The molecule has 0 aliphatic rings. The van der Waals surface area contributed by atoms with E-state index in [1.807, 2.05) is 0 Å². The molecule has 7 nitrogen and oxygen atoms in total. The number of ketones is 1. The van der Waals surface area contributed by atoms with Crippen LogP contribution in [0.5, 0.6) is 0 Å². The molecule has 0 radical (unpaired) electrons. The van der Waals surface area contributed by atoms with Crippen LogP contribution in [0.15, 0.2) is 69.6 Å². The van der Waals surface area contributed by atoms with Crippen molar-refractivity contribution in [2.75, 3.05) is 5.32 Å². The molecule has 0 aliphatic heterocycles. The van der Waals surface area contributed by atoms with Crippen LogP contribution in [0.3, 0.4) is 0 Å². The van der Waals surface area contributed by atoms with Crippen molar-refractivity contribution in [2.45, 2.75) is 13.5 Å². The van der Waals surface area contributed by atoms with Crippen LogP contribution in [-0.4, -0.2) is 20.8 Å². The van der Waals surface area contributed by atoms with E-state index in [1.54, 1.807) is 35.7 Å². The Balaban J connectivity index is 1.74. The standard InChI is InChI=1S/C22H16FN3O4S/c1-13(27)14-6-8-15(9-7-14)24-19(28)12-25-18-10-11-31-20(18)21(29)26(22(25)30)17-5-3-2-4-16(17)23/h2-11H,12H2,1H3,(H,24,28). The average Bonchev–Trinajstić information content (AvgIpc) is 3.23. The molecule has 9 heteroatoms. The summed E-state index contributed by atoms with van der Waals surface area (Å²) in [6.07, 6.45) is 0. The van der Waals surface area contributed by atoms with Crippen molar-refractivity contribution in [1.29, 1.82) is 0 Å². The third-order valence-corrected chi connectivity index (χ3v) is 5.62. The summed E-state index contributed by atoms with van der Waals surface area (Å²) in [7, 11) is 0. The lowest BCUT2D eigenvalue weighted by molar-refractivity contribution is -0.116. The van der Waals surface area contributed by atoms with Gasteiger partial charge in [0.15, 0.2) is 5.78 Å². The highest BCUT2D eigenvalue weighted by Gasteiger charge is 2.19. The van der Waals surface area contributed by atoms with Crippen LogP contribution in [0.2, 0.25) is 0 Å². The molecule has 0 saturated heterocycles. The van der Waals surface area contributed by atoms with Crippen LogP contribution < -0.4 is 16.6 Å². The number of amides is 1. The fraction of sp³-hybridized carbons (Fsp3) is 0.0909. The number of carbonyl (C=O) groups excluding carboxylic acids is 2. The third-order valence-electron chi connectivity index (χ3n) is 4.73. The van der Waals surface area contributed by atoms with Gasteiger partial charge in [-0.05, 0) is 54.8 Å². The summed E-state index contributed by atoms with van der Waals surface area (Å²) in [5, 5.41) is 4.29. The van der Waals surface area contributed by atoms with Crippen LogP contribution >= 0.6 is 11.3 Å². The van der Waals surface area contributed by atoms with Gasteiger partial charge >= 0.3 is 5.69 Å². The number of anilines is 1. The quantitative estimate of drug-likeness (QED) is 0.486. The van der Waals surface area contributed by atoms with Gasteiger partial charge in [-0.1, -0.05) is 12.1 Å². The normalized spacial score (nSPS) is 10.9. The summed E-state index contributed by atoms with van der Waals surface area (Å²) in [5.74, 6) is -1.33. The molecule has 0 spiro atoms. The first-order valence-electron chi connectivity index (χ1n) is 9.25. The zero-order valence-corrected chi connectivity index (χ0v) is 17.1. The number of carbonyl (C=O) groups is 2. The molecule has 0 atom stereocenters. The van der Waals surface area contributed by atoms with E-state index in [0.29, 0.717) is 16.8 Å². The van der Waals surface area contributed by atoms with Crippen molar-refractivity contribution in [3.05, 3.63) is 92.2 Å². The average molecular weight is 437 g/mol. The third kappa shape index (κ3) is 3.82. The van der Waals surface area contributed by atoms with Gasteiger partial charge in [-0.2, -0.15) is 0 Å². The van der Waals surface area contributed by atoms with Crippen molar-refractivity contribution in [3.8, 4) is 5.69 Å². The van der Waals surface area contributed by atoms with Crippen molar-refractivity contribution < 1.29 is 14.0 Å². The van der Waals surface area contributed by atoms with Gasteiger partial charge in [0.2, 0.25) is 5.91 Å². The van der Waals surface area contributed by atoms with Crippen LogP contribution in [0.4, 0.5) is 10.1 Å². The van der Waals surface area contributed by atoms with Gasteiger partial charge in [-0.3, -0.25) is 19.0 Å². The summed E-state index contributed by atoms with van der Waals surface area (Å²) >= 11 is 1.11. The molecule has 2 aromatic carbocycles. The van der Waals surface area contributed by atoms with E-state index >= 15 is 0 Å². The Bertz CT molecular complexity index is 1430. The van der Waals surface area contributed by atoms with Crippen molar-refractivity contribution in [3.63, 3.8) is 0 Å². The van der Waals surface area contributed by atoms with Gasteiger partial charge in [0, 0.05) is 11.3 Å². The lowest BCUT2D eigenvalue weighted by Crippen LogP contribution is -2.40. The maximum atomic E-state index is 14.3. The second kappa shape index (κ2) is 8.11. The number of nitrogens with zero attached hydrogens (tertiary/aromatic N) is 2. The molecule has 0 aliphatic carbocycles. The fourth-order valence-electron chi connectivity index (χ4n) is 3.22. The monoisotopic (exact) mass is 437 g/mol. The minimum atomic E-state index is -0.817. The van der Waals surface area contributed by atoms with Crippen LogP contribution in [0.25, 0.3) is 15.9 Å². The maximum Gasteiger partial charge on any atom is 0.336 e. The number of rotatable bonds is 5.